The number of nitrogens with zero attached hydrogens (tertiary/aromatic N) is 2. The summed E-state index contributed by atoms with van der Waals surface area (Å²) < 4.78 is 39.4. The molecule has 0 spiro atoms. The Morgan fingerprint density at radius 2 is 1.56 bits per heavy atom. The fraction of sp³-hybridized carbons (Fsp3) is 0.269. The van der Waals surface area contributed by atoms with E-state index in [-0.39, 0.29) is 28.9 Å². The molecule has 3 aromatic rings. The molecule has 192 valence electrons. The average molecular weight is 532 g/mol. The molecular weight excluding hydrogens is 502 g/mol. The highest BCUT2D eigenvalue weighted by Gasteiger charge is 2.26. The van der Waals surface area contributed by atoms with Crippen LogP contribution in [0.4, 0.5) is 11.4 Å². The molecule has 0 radical (unpaired) electrons. The maximum absolute atomic E-state index is 13.4. The van der Waals surface area contributed by atoms with Crippen LogP contribution in [0.15, 0.2) is 77.7 Å². The number of ether oxygens (including phenoxy) is 2. The van der Waals surface area contributed by atoms with E-state index < -0.39 is 10.0 Å². The van der Waals surface area contributed by atoms with Crippen LogP contribution in [-0.4, -0.2) is 59.1 Å². The molecule has 1 heterocycles. The largest absolute Gasteiger partial charge is 0.495 e. The minimum atomic E-state index is -3.88. The summed E-state index contributed by atoms with van der Waals surface area (Å²) in [6.45, 7) is 4.66. The van der Waals surface area contributed by atoms with Crippen molar-refractivity contribution in [2.75, 3.05) is 49.5 Å². The summed E-state index contributed by atoms with van der Waals surface area (Å²) in [7, 11) is -2.24. The van der Waals surface area contributed by atoms with E-state index in [0.717, 1.165) is 11.4 Å². The normalized spacial score (nSPS) is 13.5. The molecule has 36 heavy (non-hydrogen) atoms. The van der Waals surface area contributed by atoms with Gasteiger partial charge in [-0.15, -0.1) is 12.4 Å². The van der Waals surface area contributed by atoms with Crippen LogP contribution in [0.25, 0.3) is 0 Å². The molecule has 1 aliphatic rings. The Kier molecular flexibility index (Phi) is 9.06. The Hall–Kier alpha value is -3.43. The molecule has 3 aromatic carbocycles. The summed E-state index contributed by atoms with van der Waals surface area (Å²) in [4.78, 5) is 17.4. The summed E-state index contributed by atoms with van der Waals surface area (Å²) in [5.41, 5.74) is 1.55. The second-order valence-corrected chi connectivity index (χ2v) is 9.69. The monoisotopic (exact) mass is 531 g/mol. The number of sulfonamides is 1. The van der Waals surface area contributed by atoms with Crippen LogP contribution in [0.2, 0.25) is 0 Å². The Balaban J connectivity index is 0.00000361. The van der Waals surface area contributed by atoms with E-state index in [1.165, 1.54) is 12.1 Å². The van der Waals surface area contributed by atoms with Crippen LogP contribution in [0.3, 0.4) is 0 Å². The fourth-order valence-corrected chi connectivity index (χ4v) is 5.14. The lowest BCUT2D eigenvalue weighted by molar-refractivity contribution is 0.0747. The number of hydrogen-bond donors (Lipinski definition) is 1. The number of carbonyl (C=O) groups excluding carboxylic acids is 1. The number of para-hydroxylation sites is 3. The third-order valence-electron chi connectivity index (χ3n) is 5.84. The molecule has 0 aromatic heterocycles. The molecule has 0 bridgehead atoms. The third kappa shape index (κ3) is 6.03. The van der Waals surface area contributed by atoms with E-state index in [0.29, 0.717) is 44.1 Å². The molecule has 1 amide bonds. The van der Waals surface area contributed by atoms with Crippen molar-refractivity contribution in [3.63, 3.8) is 0 Å². The first-order valence-corrected chi connectivity index (χ1v) is 12.9. The predicted molar refractivity (Wildman–Crippen MR) is 143 cm³/mol. The van der Waals surface area contributed by atoms with Gasteiger partial charge in [0.25, 0.3) is 15.9 Å². The average Bonchev–Trinajstić information content (AvgIpc) is 2.89. The molecule has 10 heteroatoms. The second-order valence-electron chi connectivity index (χ2n) is 8.01. The van der Waals surface area contributed by atoms with Gasteiger partial charge in [0.05, 0.1) is 35.6 Å². The van der Waals surface area contributed by atoms with Gasteiger partial charge in [-0.3, -0.25) is 9.52 Å². The zero-order valence-electron chi connectivity index (χ0n) is 20.2. The molecule has 1 fully saturated rings. The van der Waals surface area contributed by atoms with Crippen LogP contribution in [-0.2, 0) is 10.0 Å². The van der Waals surface area contributed by atoms with Gasteiger partial charge in [0.1, 0.15) is 11.5 Å². The summed E-state index contributed by atoms with van der Waals surface area (Å²) in [6, 6.07) is 20.7. The molecule has 8 nitrogen and oxygen atoms in total. The molecule has 1 N–H and O–H groups in total. The molecule has 0 aliphatic carbocycles. The number of halogens is 1. The van der Waals surface area contributed by atoms with Crippen LogP contribution in [0, 0.1) is 0 Å². The maximum Gasteiger partial charge on any atom is 0.261 e. The Morgan fingerprint density at radius 1 is 0.917 bits per heavy atom. The number of hydrogen-bond acceptors (Lipinski definition) is 6. The summed E-state index contributed by atoms with van der Waals surface area (Å²) in [5.74, 6) is 1.17. The highest BCUT2D eigenvalue weighted by molar-refractivity contribution is 7.92. The minimum absolute atomic E-state index is 0. The Labute approximate surface area is 218 Å². The van der Waals surface area contributed by atoms with E-state index in [1.807, 2.05) is 31.2 Å². The highest BCUT2D eigenvalue weighted by Crippen LogP contribution is 2.29. The zero-order chi connectivity index (χ0) is 24.8. The van der Waals surface area contributed by atoms with Crippen molar-refractivity contribution in [3.05, 3.63) is 78.4 Å². The lowest BCUT2D eigenvalue weighted by Crippen LogP contribution is -2.49. The van der Waals surface area contributed by atoms with Gasteiger partial charge < -0.3 is 19.3 Å². The summed E-state index contributed by atoms with van der Waals surface area (Å²) >= 11 is 0. The first-order valence-electron chi connectivity index (χ1n) is 11.4. The predicted octanol–water partition coefficient (Wildman–Crippen LogP) is 4.28. The molecular formula is C26H30ClN3O5S. The highest BCUT2D eigenvalue weighted by atomic mass is 35.5. The van der Waals surface area contributed by atoms with Crippen molar-refractivity contribution in [1.29, 1.82) is 0 Å². The van der Waals surface area contributed by atoms with Crippen LogP contribution >= 0.6 is 12.4 Å². The summed E-state index contributed by atoms with van der Waals surface area (Å²) in [5, 5.41) is 0. The SMILES string of the molecule is CCOc1ccc(S(=O)(=O)Nc2ccccc2C(=O)N2CCN(c3ccccc3OC)CC2)cc1.Cl. The van der Waals surface area contributed by atoms with Crippen molar-refractivity contribution in [2.45, 2.75) is 11.8 Å². The number of carbonyl (C=O) groups is 1. The topological polar surface area (TPSA) is 88.2 Å². The molecule has 4 rings (SSSR count). The number of piperazine rings is 1. The lowest BCUT2D eigenvalue weighted by Gasteiger charge is -2.36. The number of amides is 1. The second kappa shape index (κ2) is 12.0. The van der Waals surface area contributed by atoms with Crippen molar-refractivity contribution in [1.82, 2.24) is 4.90 Å². The number of anilines is 2. The quantitative estimate of drug-likeness (QED) is 0.467. The fourth-order valence-electron chi connectivity index (χ4n) is 4.06. The third-order valence-corrected chi connectivity index (χ3v) is 7.22. The minimum Gasteiger partial charge on any atom is -0.495 e. The molecule has 0 atom stereocenters. The molecule has 0 unspecified atom stereocenters. The van der Waals surface area contributed by atoms with Gasteiger partial charge in [0.2, 0.25) is 0 Å². The maximum atomic E-state index is 13.4. The smallest absolute Gasteiger partial charge is 0.261 e. The Bertz CT molecular complexity index is 1280. The van der Waals surface area contributed by atoms with Crippen molar-refractivity contribution in [3.8, 4) is 11.5 Å². The van der Waals surface area contributed by atoms with Crippen LogP contribution in [0.5, 0.6) is 11.5 Å². The van der Waals surface area contributed by atoms with Crippen molar-refractivity contribution in [2.24, 2.45) is 0 Å². The van der Waals surface area contributed by atoms with Crippen LogP contribution < -0.4 is 19.1 Å². The summed E-state index contributed by atoms with van der Waals surface area (Å²) in [6.07, 6.45) is 0. The van der Waals surface area contributed by atoms with E-state index in [2.05, 4.69) is 9.62 Å². The lowest BCUT2D eigenvalue weighted by atomic mass is 10.1. The standard InChI is InChI=1S/C26H29N3O5S.ClH/c1-3-34-20-12-14-21(15-13-20)35(31,32)27-23-9-5-4-8-22(23)26(30)29-18-16-28(17-19-29)24-10-6-7-11-25(24)33-2;/h4-15,27H,3,16-19H2,1-2H3;1H. The van der Waals surface area contributed by atoms with Gasteiger partial charge in [-0.05, 0) is 55.5 Å². The van der Waals surface area contributed by atoms with E-state index >= 15 is 0 Å². The number of rotatable bonds is 8. The van der Waals surface area contributed by atoms with Gasteiger partial charge in [0, 0.05) is 26.2 Å². The number of methoxy groups -OCH3 is 1. The molecule has 0 saturated carbocycles. The first-order chi connectivity index (χ1) is 16.9. The van der Waals surface area contributed by atoms with E-state index in [1.54, 1.807) is 48.4 Å². The van der Waals surface area contributed by atoms with Crippen molar-refractivity contribution < 1.29 is 22.7 Å². The van der Waals surface area contributed by atoms with E-state index in [9.17, 15) is 13.2 Å². The van der Waals surface area contributed by atoms with Gasteiger partial charge in [-0.2, -0.15) is 0 Å². The van der Waals surface area contributed by atoms with Gasteiger partial charge in [-0.1, -0.05) is 24.3 Å². The number of benzene rings is 3. The number of nitrogens with one attached hydrogen (secondary N) is 1. The first kappa shape index (κ1) is 27.2. The molecule has 1 saturated heterocycles. The van der Waals surface area contributed by atoms with Gasteiger partial charge in [0.15, 0.2) is 0 Å². The van der Waals surface area contributed by atoms with Crippen molar-refractivity contribution >= 4 is 39.7 Å². The van der Waals surface area contributed by atoms with Crippen LogP contribution in [0.1, 0.15) is 17.3 Å². The van der Waals surface area contributed by atoms with Gasteiger partial charge in [-0.25, -0.2) is 8.42 Å². The Morgan fingerprint density at radius 3 is 2.22 bits per heavy atom. The van der Waals surface area contributed by atoms with E-state index in [4.69, 9.17) is 9.47 Å². The van der Waals surface area contributed by atoms with Gasteiger partial charge >= 0.3 is 0 Å². The zero-order valence-corrected chi connectivity index (χ0v) is 21.8. The molecule has 1 aliphatic heterocycles.